The van der Waals surface area contributed by atoms with Gasteiger partial charge in [0.2, 0.25) is 0 Å². The molecule has 2 aromatic carbocycles. The van der Waals surface area contributed by atoms with Crippen molar-refractivity contribution in [2.45, 2.75) is 0 Å². The molecular formula is C17H17ClN4. The van der Waals surface area contributed by atoms with Gasteiger partial charge in [0.05, 0.1) is 16.4 Å². The summed E-state index contributed by atoms with van der Waals surface area (Å²) in [6.07, 6.45) is 0. The van der Waals surface area contributed by atoms with E-state index < -0.39 is 0 Å². The zero-order valence-electron chi connectivity index (χ0n) is 12.1. The molecule has 0 spiro atoms. The molecule has 0 unspecified atom stereocenters. The van der Waals surface area contributed by atoms with Gasteiger partial charge < -0.3 is 15.5 Å². The summed E-state index contributed by atoms with van der Waals surface area (Å²) in [7, 11) is 0. The van der Waals surface area contributed by atoms with Crippen LogP contribution in [0.25, 0.3) is 0 Å². The van der Waals surface area contributed by atoms with Crippen LogP contribution in [0.4, 0.5) is 17.1 Å². The molecule has 1 fully saturated rings. The van der Waals surface area contributed by atoms with Crippen LogP contribution in [0.3, 0.4) is 0 Å². The quantitative estimate of drug-likeness (QED) is 0.783. The Morgan fingerprint density at radius 2 is 1.82 bits per heavy atom. The SMILES string of the molecule is Clc1cccc2c1Nc1ccccc1C(N1CCNCC1)=N2. The average Bonchev–Trinajstić information content (AvgIpc) is 2.74. The number of nitrogens with one attached hydrogen (secondary N) is 2. The maximum absolute atomic E-state index is 6.36. The molecule has 0 atom stereocenters. The first-order valence-corrected chi connectivity index (χ1v) is 7.90. The predicted molar refractivity (Wildman–Crippen MR) is 91.8 cm³/mol. The Bertz CT molecular complexity index is 735. The van der Waals surface area contributed by atoms with Crippen molar-refractivity contribution in [3.05, 3.63) is 53.1 Å². The van der Waals surface area contributed by atoms with Crippen LogP contribution >= 0.6 is 11.6 Å². The van der Waals surface area contributed by atoms with Crippen molar-refractivity contribution in [3.8, 4) is 0 Å². The Balaban J connectivity index is 1.89. The zero-order valence-corrected chi connectivity index (χ0v) is 12.9. The Labute approximate surface area is 134 Å². The molecule has 2 aliphatic heterocycles. The van der Waals surface area contributed by atoms with Gasteiger partial charge in [0.15, 0.2) is 0 Å². The van der Waals surface area contributed by atoms with Crippen molar-refractivity contribution >= 4 is 34.5 Å². The van der Waals surface area contributed by atoms with Crippen LogP contribution < -0.4 is 10.6 Å². The molecule has 0 bridgehead atoms. The number of piperazine rings is 1. The number of aliphatic imine (C=N–C) groups is 1. The molecule has 5 heteroatoms. The second-order valence-electron chi connectivity index (χ2n) is 5.48. The van der Waals surface area contributed by atoms with Crippen LogP contribution in [0.5, 0.6) is 0 Å². The summed E-state index contributed by atoms with van der Waals surface area (Å²) < 4.78 is 0. The molecule has 2 aliphatic rings. The summed E-state index contributed by atoms with van der Waals surface area (Å²) in [5.41, 5.74) is 3.93. The smallest absolute Gasteiger partial charge is 0.138 e. The Kier molecular flexibility index (Phi) is 3.48. The first-order valence-electron chi connectivity index (χ1n) is 7.52. The number of benzene rings is 2. The van der Waals surface area contributed by atoms with Crippen molar-refractivity contribution in [2.75, 3.05) is 31.5 Å². The minimum Gasteiger partial charge on any atom is -0.353 e. The first kappa shape index (κ1) is 13.6. The topological polar surface area (TPSA) is 39.7 Å². The van der Waals surface area contributed by atoms with Gasteiger partial charge in [-0.3, -0.25) is 0 Å². The van der Waals surface area contributed by atoms with Crippen LogP contribution in [0.1, 0.15) is 5.56 Å². The van der Waals surface area contributed by atoms with E-state index in [4.69, 9.17) is 16.6 Å². The van der Waals surface area contributed by atoms with E-state index in [0.717, 1.165) is 54.6 Å². The van der Waals surface area contributed by atoms with E-state index in [0.29, 0.717) is 5.02 Å². The second kappa shape index (κ2) is 5.63. The molecule has 2 aromatic rings. The van der Waals surface area contributed by atoms with Crippen molar-refractivity contribution in [1.29, 1.82) is 0 Å². The second-order valence-corrected chi connectivity index (χ2v) is 5.88. The Morgan fingerprint density at radius 1 is 1.00 bits per heavy atom. The van der Waals surface area contributed by atoms with Gasteiger partial charge in [-0.05, 0) is 24.3 Å². The van der Waals surface area contributed by atoms with Gasteiger partial charge in [-0.1, -0.05) is 29.8 Å². The lowest BCUT2D eigenvalue weighted by Crippen LogP contribution is -2.46. The van der Waals surface area contributed by atoms with Gasteiger partial charge in [-0.15, -0.1) is 0 Å². The fourth-order valence-corrected chi connectivity index (χ4v) is 3.16. The molecule has 0 radical (unpaired) electrons. The van der Waals surface area contributed by atoms with E-state index in [1.807, 2.05) is 24.3 Å². The molecule has 2 N–H and O–H groups in total. The maximum Gasteiger partial charge on any atom is 0.138 e. The minimum atomic E-state index is 0.692. The normalized spacial score (nSPS) is 17.0. The number of hydrogen-bond acceptors (Lipinski definition) is 4. The molecular weight excluding hydrogens is 296 g/mol. The third-order valence-electron chi connectivity index (χ3n) is 4.06. The van der Waals surface area contributed by atoms with Crippen LogP contribution in [-0.2, 0) is 0 Å². The van der Waals surface area contributed by atoms with Crippen LogP contribution in [-0.4, -0.2) is 36.9 Å². The summed E-state index contributed by atoms with van der Waals surface area (Å²) in [6.45, 7) is 3.89. The van der Waals surface area contributed by atoms with Crippen LogP contribution in [0.2, 0.25) is 5.02 Å². The van der Waals surface area contributed by atoms with E-state index in [1.54, 1.807) is 0 Å². The highest BCUT2D eigenvalue weighted by Crippen LogP contribution is 2.39. The molecule has 0 aromatic heterocycles. The van der Waals surface area contributed by atoms with Crippen molar-refractivity contribution < 1.29 is 0 Å². The van der Waals surface area contributed by atoms with E-state index in [2.05, 4.69) is 33.7 Å². The lowest BCUT2D eigenvalue weighted by Gasteiger charge is -2.30. The first-order chi connectivity index (χ1) is 10.8. The van der Waals surface area contributed by atoms with Gasteiger partial charge in [-0.25, -0.2) is 4.99 Å². The molecule has 2 heterocycles. The maximum atomic E-state index is 6.36. The molecule has 0 saturated carbocycles. The third-order valence-corrected chi connectivity index (χ3v) is 4.38. The van der Waals surface area contributed by atoms with Crippen molar-refractivity contribution in [2.24, 2.45) is 4.99 Å². The number of halogens is 1. The van der Waals surface area contributed by atoms with E-state index in [9.17, 15) is 0 Å². The summed E-state index contributed by atoms with van der Waals surface area (Å²) >= 11 is 6.36. The minimum absolute atomic E-state index is 0.692. The van der Waals surface area contributed by atoms with Crippen molar-refractivity contribution in [3.63, 3.8) is 0 Å². The van der Waals surface area contributed by atoms with Gasteiger partial charge in [0.25, 0.3) is 0 Å². The molecule has 4 nitrogen and oxygen atoms in total. The standard InChI is InChI=1S/C17H17ClN4/c18-13-5-3-7-15-16(13)20-14-6-2-1-4-12(14)17(21-15)22-10-8-19-9-11-22/h1-7,19-20H,8-11H2. The fraction of sp³-hybridized carbons (Fsp3) is 0.235. The Hall–Kier alpha value is -2.04. The summed E-state index contributed by atoms with van der Waals surface area (Å²) in [5, 5.41) is 7.53. The number of anilines is 2. The average molecular weight is 313 g/mol. The third kappa shape index (κ3) is 2.34. The number of para-hydroxylation sites is 2. The number of fused-ring (bicyclic) bond motifs is 2. The number of nitrogens with zero attached hydrogens (tertiary/aromatic N) is 2. The molecule has 22 heavy (non-hydrogen) atoms. The van der Waals surface area contributed by atoms with Gasteiger partial charge in [-0.2, -0.15) is 0 Å². The number of amidine groups is 1. The lowest BCUT2D eigenvalue weighted by molar-refractivity contribution is 0.358. The number of rotatable bonds is 0. The highest BCUT2D eigenvalue weighted by Gasteiger charge is 2.23. The predicted octanol–water partition coefficient (Wildman–Crippen LogP) is 3.38. The van der Waals surface area contributed by atoms with E-state index in [-0.39, 0.29) is 0 Å². The summed E-state index contributed by atoms with van der Waals surface area (Å²) in [6, 6.07) is 14.1. The van der Waals surface area contributed by atoms with E-state index >= 15 is 0 Å². The summed E-state index contributed by atoms with van der Waals surface area (Å²) in [4.78, 5) is 7.27. The number of hydrogen-bond donors (Lipinski definition) is 2. The molecule has 0 amide bonds. The molecule has 4 rings (SSSR count). The van der Waals surface area contributed by atoms with Crippen LogP contribution in [0, 0.1) is 0 Å². The summed E-state index contributed by atoms with van der Waals surface area (Å²) in [5.74, 6) is 1.02. The molecule has 1 saturated heterocycles. The zero-order chi connectivity index (χ0) is 14.9. The highest BCUT2D eigenvalue weighted by atomic mass is 35.5. The largest absolute Gasteiger partial charge is 0.353 e. The van der Waals surface area contributed by atoms with Gasteiger partial charge in [0, 0.05) is 37.4 Å². The van der Waals surface area contributed by atoms with E-state index in [1.165, 1.54) is 0 Å². The Morgan fingerprint density at radius 3 is 2.68 bits per heavy atom. The molecule has 0 aliphatic carbocycles. The van der Waals surface area contributed by atoms with Crippen LogP contribution in [0.15, 0.2) is 47.5 Å². The van der Waals surface area contributed by atoms with Crippen molar-refractivity contribution in [1.82, 2.24) is 10.2 Å². The highest BCUT2D eigenvalue weighted by molar-refractivity contribution is 6.34. The monoisotopic (exact) mass is 312 g/mol. The van der Waals surface area contributed by atoms with Gasteiger partial charge >= 0.3 is 0 Å². The lowest BCUT2D eigenvalue weighted by atomic mass is 10.1. The fourth-order valence-electron chi connectivity index (χ4n) is 2.94. The molecule has 112 valence electrons. The van der Waals surface area contributed by atoms with Gasteiger partial charge in [0.1, 0.15) is 5.84 Å².